The molecule has 2 aromatic carbocycles. The maximum atomic E-state index is 12.5. The minimum atomic E-state index is -0.333. The van der Waals surface area contributed by atoms with Gasteiger partial charge in [0.1, 0.15) is 0 Å². The number of nitrogens with zero attached hydrogens (tertiary/aromatic N) is 1. The van der Waals surface area contributed by atoms with Gasteiger partial charge in [-0.15, -0.1) is 0 Å². The number of hydrogen-bond acceptors (Lipinski definition) is 4. The van der Waals surface area contributed by atoms with E-state index in [9.17, 15) is 9.59 Å². The van der Waals surface area contributed by atoms with Crippen LogP contribution >= 0.6 is 0 Å². The van der Waals surface area contributed by atoms with E-state index in [0.29, 0.717) is 23.4 Å². The van der Waals surface area contributed by atoms with E-state index in [-0.39, 0.29) is 11.9 Å². The molecule has 1 atom stereocenters. The normalized spacial score (nSPS) is 16.8. The molecule has 0 bridgehead atoms. The molecule has 0 unspecified atom stereocenters. The number of likely N-dealkylation sites (tertiary alicyclic amines) is 1. The monoisotopic (exact) mass is 408 g/mol. The van der Waals surface area contributed by atoms with Crippen LogP contribution in [-0.2, 0) is 11.3 Å². The van der Waals surface area contributed by atoms with Crippen molar-refractivity contribution < 1.29 is 14.3 Å². The van der Waals surface area contributed by atoms with Gasteiger partial charge in [0.25, 0.3) is 5.91 Å². The van der Waals surface area contributed by atoms with E-state index in [1.807, 2.05) is 31.2 Å². The van der Waals surface area contributed by atoms with Gasteiger partial charge >= 0.3 is 5.97 Å². The molecular weight excluding hydrogens is 376 g/mol. The van der Waals surface area contributed by atoms with Crippen LogP contribution in [0.3, 0.4) is 0 Å². The summed E-state index contributed by atoms with van der Waals surface area (Å²) in [6, 6.07) is 14.6. The van der Waals surface area contributed by atoms with E-state index in [0.717, 1.165) is 38.4 Å². The lowest BCUT2D eigenvalue weighted by Gasteiger charge is -2.30. The third kappa shape index (κ3) is 6.42. The Kier molecular flexibility index (Phi) is 8.03. The summed E-state index contributed by atoms with van der Waals surface area (Å²) in [5.41, 5.74) is 2.98. The van der Waals surface area contributed by atoms with Gasteiger partial charge in [-0.1, -0.05) is 32.4 Å². The van der Waals surface area contributed by atoms with Gasteiger partial charge in [-0.2, -0.15) is 0 Å². The van der Waals surface area contributed by atoms with Gasteiger partial charge in [0.05, 0.1) is 12.2 Å². The minimum absolute atomic E-state index is 0.161. The van der Waals surface area contributed by atoms with Crippen molar-refractivity contribution in [1.82, 2.24) is 4.90 Å². The van der Waals surface area contributed by atoms with E-state index >= 15 is 0 Å². The van der Waals surface area contributed by atoms with Gasteiger partial charge in [-0.25, -0.2) is 4.79 Å². The predicted octanol–water partition coefficient (Wildman–Crippen LogP) is 5.13. The van der Waals surface area contributed by atoms with Crippen LogP contribution in [0.1, 0.15) is 65.8 Å². The molecule has 1 fully saturated rings. The highest BCUT2D eigenvalue weighted by atomic mass is 16.5. The number of benzene rings is 2. The fourth-order valence-corrected chi connectivity index (χ4v) is 3.74. The quantitative estimate of drug-likeness (QED) is 0.486. The Labute approximate surface area is 179 Å². The Morgan fingerprint density at radius 3 is 2.43 bits per heavy atom. The van der Waals surface area contributed by atoms with Gasteiger partial charge < -0.3 is 10.1 Å². The summed E-state index contributed by atoms with van der Waals surface area (Å²) < 4.78 is 5.20. The maximum absolute atomic E-state index is 12.5. The van der Waals surface area contributed by atoms with Gasteiger partial charge in [0.2, 0.25) is 0 Å². The SMILES string of the molecule is CCCCOC(=O)c1ccc(NC(=O)c2ccc(CN3CCC[C@@H](C)C3)cc2)cc1. The number of carbonyl (C=O) groups excluding carboxylic acids is 2. The van der Waals surface area contributed by atoms with Crippen molar-refractivity contribution in [2.24, 2.45) is 5.92 Å². The second-order valence-corrected chi connectivity index (χ2v) is 8.20. The van der Waals surface area contributed by atoms with Gasteiger partial charge in [0, 0.05) is 24.3 Å². The zero-order chi connectivity index (χ0) is 21.3. The molecule has 1 amide bonds. The van der Waals surface area contributed by atoms with E-state index in [1.54, 1.807) is 24.3 Å². The molecule has 0 aliphatic carbocycles. The lowest BCUT2D eigenvalue weighted by atomic mass is 9.99. The number of nitrogens with one attached hydrogen (secondary N) is 1. The first-order valence-corrected chi connectivity index (χ1v) is 10.9. The smallest absolute Gasteiger partial charge is 0.338 e. The van der Waals surface area contributed by atoms with Gasteiger partial charge in [-0.3, -0.25) is 9.69 Å². The highest BCUT2D eigenvalue weighted by Gasteiger charge is 2.16. The van der Waals surface area contributed by atoms with Crippen molar-refractivity contribution in [2.45, 2.75) is 46.1 Å². The summed E-state index contributed by atoms with van der Waals surface area (Å²) in [5.74, 6) is 0.264. The van der Waals surface area contributed by atoms with Crippen molar-refractivity contribution >= 4 is 17.6 Å². The molecule has 0 spiro atoms. The number of carbonyl (C=O) groups is 2. The number of anilines is 1. The van der Waals surface area contributed by atoms with Gasteiger partial charge in [-0.05, 0) is 73.7 Å². The molecule has 0 saturated carbocycles. The highest BCUT2D eigenvalue weighted by Crippen LogP contribution is 2.18. The molecule has 160 valence electrons. The summed E-state index contributed by atoms with van der Waals surface area (Å²) in [6.07, 6.45) is 4.42. The molecule has 30 heavy (non-hydrogen) atoms. The molecule has 0 radical (unpaired) electrons. The Morgan fingerprint density at radius 1 is 1.07 bits per heavy atom. The van der Waals surface area contributed by atoms with E-state index in [4.69, 9.17) is 4.74 Å². The number of rotatable bonds is 8. The number of amides is 1. The third-order valence-corrected chi connectivity index (χ3v) is 5.47. The number of piperidine rings is 1. The first-order chi connectivity index (χ1) is 14.5. The second-order valence-electron chi connectivity index (χ2n) is 8.20. The molecular formula is C25H32N2O3. The van der Waals surface area contributed by atoms with E-state index < -0.39 is 0 Å². The van der Waals surface area contributed by atoms with Crippen LogP contribution in [0.2, 0.25) is 0 Å². The number of ether oxygens (including phenoxy) is 1. The van der Waals surface area contributed by atoms with E-state index in [2.05, 4.69) is 17.1 Å². The fraction of sp³-hybridized carbons (Fsp3) is 0.440. The number of hydrogen-bond donors (Lipinski definition) is 1. The standard InChI is InChI=1S/C25H32N2O3/c1-3-4-16-30-25(29)22-11-13-23(14-12-22)26-24(28)21-9-7-20(8-10-21)18-27-15-5-6-19(2)17-27/h7-14,19H,3-6,15-18H2,1-2H3,(H,26,28)/t19-/m1/s1. The van der Waals surface area contributed by atoms with Crippen molar-refractivity contribution in [1.29, 1.82) is 0 Å². The average Bonchev–Trinajstić information content (AvgIpc) is 2.75. The zero-order valence-electron chi connectivity index (χ0n) is 18.0. The molecule has 1 aliphatic rings. The molecule has 5 heteroatoms. The first kappa shape index (κ1) is 22.0. The topological polar surface area (TPSA) is 58.6 Å². The van der Waals surface area contributed by atoms with Crippen LogP contribution in [-0.4, -0.2) is 36.5 Å². The van der Waals surface area contributed by atoms with Crippen molar-refractivity contribution in [3.8, 4) is 0 Å². The summed E-state index contributed by atoms with van der Waals surface area (Å²) >= 11 is 0. The van der Waals surface area contributed by atoms with Crippen LogP contribution in [0.15, 0.2) is 48.5 Å². The number of esters is 1. The van der Waals surface area contributed by atoms with Crippen LogP contribution < -0.4 is 5.32 Å². The molecule has 2 aromatic rings. The third-order valence-electron chi connectivity index (χ3n) is 5.47. The number of unbranched alkanes of at least 4 members (excludes halogenated alkanes) is 1. The lowest BCUT2D eigenvalue weighted by Crippen LogP contribution is -2.33. The van der Waals surface area contributed by atoms with Crippen molar-refractivity contribution in [3.63, 3.8) is 0 Å². The zero-order valence-corrected chi connectivity index (χ0v) is 18.0. The Bertz CT molecular complexity index is 830. The first-order valence-electron chi connectivity index (χ1n) is 10.9. The van der Waals surface area contributed by atoms with Crippen LogP contribution in [0.25, 0.3) is 0 Å². The lowest BCUT2D eigenvalue weighted by molar-refractivity contribution is 0.0499. The molecule has 0 aromatic heterocycles. The molecule has 1 aliphatic heterocycles. The fourth-order valence-electron chi connectivity index (χ4n) is 3.74. The maximum Gasteiger partial charge on any atom is 0.338 e. The predicted molar refractivity (Wildman–Crippen MR) is 120 cm³/mol. The van der Waals surface area contributed by atoms with Crippen LogP contribution in [0, 0.1) is 5.92 Å². The molecule has 1 saturated heterocycles. The Hall–Kier alpha value is -2.66. The average molecular weight is 409 g/mol. The Morgan fingerprint density at radius 2 is 1.77 bits per heavy atom. The summed E-state index contributed by atoms with van der Waals surface area (Å²) in [5, 5.41) is 2.88. The van der Waals surface area contributed by atoms with Gasteiger partial charge in [0.15, 0.2) is 0 Å². The largest absolute Gasteiger partial charge is 0.462 e. The molecule has 1 heterocycles. The minimum Gasteiger partial charge on any atom is -0.462 e. The molecule has 3 rings (SSSR count). The summed E-state index contributed by atoms with van der Waals surface area (Å²) in [4.78, 5) is 27.0. The van der Waals surface area contributed by atoms with Crippen molar-refractivity contribution in [3.05, 3.63) is 65.2 Å². The van der Waals surface area contributed by atoms with Crippen molar-refractivity contribution in [2.75, 3.05) is 25.0 Å². The van der Waals surface area contributed by atoms with E-state index in [1.165, 1.54) is 18.4 Å². The summed E-state index contributed by atoms with van der Waals surface area (Å²) in [6.45, 7) is 8.01. The summed E-state index contributed by atoms with van der Waals surface area (Å²) in [7, 11) is 0. The highest BCUT2D eigenvalue weighted by molar-refractivity contribution is 6.04. The molecule has 5 nitrogen and oxygen atoms in total. The van der Waals surface area contributed by atoms with Crippen LogP contribution in [0.4, 0.5) is 5.69 Å². The van der Waals surface area contributed by atoms with Crippen LogP contribution in [0.5, 0.6) is 0 Å². The molecule has 1 N–H and O–H groups in total. The Balaban J connectivity index is 1.52. The second kappa shape index (κ2) is 10.9.